The number of unbranched alkanes of at least 4 members (excludes halogenated alkanes) is 1. The molecule has 0 saturated heterocycles. The molecule has 0 aromatic heterocycles. The van der Waals surface area contributed by atoms with E-state index in [2.05, 4.69) is 61.4 Å². The fraction of sp³-hybridized carbons (Fsp3) is 0.381. The molecular weight excluding hydrogens is 294 g/mol. The lowest BCUT2D eigenvalue weighted by molar-refractivity contribution is 0.661. The van der Waals surface area contributed by atoms with Gasteiger partial charge in [-0.15, -0.1) is 0 Å². The SMILES string of the molecule is C=C/C=C\C(CCCC)C(N=C(N=C)C1=CCC=C(C)C=C1)=NC. The first kappa shape index (κ1) is 19.8. The Morgan fingerprint density at radius 3 is 2.75 bits per heavy atom. The van der Waals surface area contributed by atoms with Crippen LogP contribution in [0, 0.1) is 5.92 Å². The van der Waals surface area contributed by atoms with Gasteiger partial charge in [-0.3, -0.25) is 4.99 Å². The molecule has 0 fully saturated rings. The second kappa shape index (κ2) is 11.3. The largest absolute Gasteiger partial charge is 0.273 e. The monoisotopic (exact) mass is 323 g/mol. The van der Waals surface area contributed by atoms with Crippen LogP contribution in [0.3, 0.4) is 0 Å². The van der Waals surface area contributed by atoms with Gasteiger partial charge in [-0.25, -0.2) is 9.98 Å². The van der Waals surface area contributed by atoms with E-state index in [1.165, 1.54) is 5.57 Å². The maximum atomic E-state index is 4.72. The molecule has 0 N–H and O–H groups in total. The Morgan fingerprint density at radius 2 is 2.12 bits per heavy atom. The van der Waals surface area contributed by atoms with E-state index >= 15 is 0 Å². The Kier molecular flexibility index (Phi) is 9.28. The van der Waals surface area contributed by atoms with E-state index in [4.69, 9.17) is 4.99 Å². The van der Waals surface area contributed by atoms with Crippen molar-refractivity contribution in [1.82, 2.24) is 0 Å². The van der Waals surface area contributed by atoms with Crippen molar-refractivity contribution < 1.29 is 0 Å². The number of nitrogens with zero attached hydrogens (tertiary/aromatic N) is 3. The maximum Gasteiger partial charge on any atom is 0.160 e. The summed E-state index contributed by atoms with van der Waals surface area (Å²) in [6.45, 7) is 11.7. The van der Waals surface area contributed by atoms with Crippen LogP contribution in [0.2, 0.25) is 0 Å². The zero-order chi connectivity index (χ0) is 17.8. The molecule has 0 spiro atoms. The average Bonchev–Trinajstić information content (AvgIpc) is 2.81. The number of hydrogen-bond donors (Lipinski definition) is 0. The van der Waals surface area contributed by atoms with Gasteiger partial charge in [-0.05, 0) is 26.5 Å². The first-order chi connectivity index (χ1) is 11.7. The summed E-state index contributed by atoms with van der Waals surface area (Å²) in [5, 5.41) is 0. The molecule has 1 unspecified atom stereocenters. The van der Waals surface area contributed by atoms with Crippen LogP contribution in [-0.2, 0) is 0 Å². The normalized spacial score (nSPS) is 17.3. The lowest BCUT2D eigenvalue weighted by Gasteiger charge is -2.13. The van der Waals surface area contributed by atoms with Gasteiger partial charge in [0, 0.05) is 18.5 Å². The molecule has 0 bridgehead atoms. The fourth-order valence-electron chi connectivity index (χ4n) is 2.44. The number of aliphatic imine (C=N–C) groups is 3. The minimum absolute atomic E-state index is 0.167. The molecule has 3 heteroatoms. The molecule has 1 aliphatic rings. The zero-order valence-electron chi connectivity index (χ0n) is 15.2. The van der Waals surface area contributed by atoms with Crippen LogP contribution in [-0.4, -0.2) is 25.4 Å². The van der Waals surface area contributed by atoms with Crippen LogP contribution in [0.15, 0.2) is 75.2 Å². The number of amidine groups is 2. The van der Waals surface area contributed by atoms with Crippen molar-refractivity contribution in [3.05, 3.63) is 60.3 Å². The summed E-state index contributed by atoms with van der Waals surface area (Å²) < 4.78 is 0. The molecule has 24 heavy (non-hydrogen) atoms. The summed E-state index contributed by atoms with van der Waals surface area (Å²) in [6.07, 6.45) is 18.4. The van der Waals surface area contributed by atoms with Crippen molar-refractivity contribution in [2.45, 2.75) is 39.5 Å². The molecule has 3 nitrogen and oxygen atoms in total. The Morgan fingerprint density at radius 1 is 1.33 bits per heavy atom. The quantitative estimate of drug-likeness (QED) is 0.337. The molecule has 1 atom stereocenters. The molecule has 0 radical (unpaired) electrons. The highest BCUT2D eigenvalue weighted by Gasteiger charge is 2.13. The summed E-state index contributed by atoms with van der Waals surface area (Å²) in [7, 11) is 1.78. The Balaban J connectivity index is 3.11. The third kappa shape index (κ3) is 6.45. The third-order valence-corrected chi connectivity index (χ3v) is 3.84. The maximum absolute atomic E-state index is 4.72. The van der Waals surface area contributed by atoms with Crippen LogP contribution in [0.1, 0.15) is 39.5 Å². The summed E-state index contributed by atoms with van der Waals surface area (Å²) in [5.74, 6) is 1.58. The van der Waals surface area contributed by atoms with Crippen molar-refractivity contribution >= 4 is 18.4 Å². The van der Waals surface area contributed by atoms with E-state index in [1.807, 2.05) is 12.2 Å². The summed E-state index contributed by atoms with van der Waals surface area (Å²) >= 11 is 0. The molecule has 0 saturated carbocycles. The minimum atomic E-state index is 0.167. The smallest absolute Gasteiger partial charge is 0.160 e. The van der Waals surface area contributed by atoms with Crippen molar-refractivity contribution in [2.24, 2.45) is 20.9 Å². The van der Waals surface area contributed by atoms with Crippen LogP contribution >= 0.6 is 0 Å². The topological polar surface area (TPSA) is 37.1 Å². The Labute approximate surface area is 146 Å². The lowest BCUT2D eigenvalue weighted by atomic mass is 10.00. The van der Waals surface area contributed by atoms with Gasteiger partial charge in [0.15, 0.2) is 5.84 Å². The molecular formula is C21H29N3. The van der Waals surface area contributed by atoms with E-state index in [-0.39, 0.29) is 5.92 Å². The Bertz CT molecular complexity index is 613. The van der Waals surface area contributed by atoms with Gasteiger partial charge in [-0.2, -0.15) is 0 Å². The molecule has 0 aromatic carbocycles. The van der Waals surface area contributed by atoms with Crippen molar-refractivity contribution in [3.63, 3.8) is 0 Å². The van der Waals surface area contributed by atoms with Gasteiger partial charge in [0.2, 0.25) is 0 Å². The van der Waals surface area contributed by atoms with E-state index in [0.29, 0.717) is 5.84 Å². The summed E-state index contributed by atoms with van der Waals surface area (Å²) in [6, 6.07) is 0. The van der Waals surface area contributed by atoms with Crippen LogP contribution < -0.4 is 0 Å². The second-order valence-corrected chi connectivity index (χ2v) is 5.72. The zero-order valence-corrected chi connectivity index (χ0v) is 15.2. The molecule has 0 heterocycles. The predicted molar refractivity (Wildman–Crippen MR) is 108 cm³/mol. The number of hydrogen-bond acceptors (Lipinski definition) is 1. The van der Waals surface area contributed by atoms with Crippen molar-refractivity contribution in [1.29, 1.82) is 0 Å². The average molecular weight is 323 g/mol. The molecule has 128 valence electrons. The van der Waals surface area contributed by atoms with Crippen LogP contribution in [0.25, 0.3) is 0 Å². The Hall–Kier alpha value is -2.29. The molecule has 0 aromatic rings. The number of allylic oxidation sites excluding steroid dienone is 6. The van der Waals surface area contributed by atoms with Crippen LogP contribution in [0.4, 0.5) is 0 Å². The van der Waals surface area contributed by atoms with Gasteiger partial charge in [0.25, 0.3) is 0 Å². The molecule has 0 amide bonds. The first-order valence-electron chi connectivity index (χ1n) is 8.52. The van der Waals surface area contributed by atoms with Gasteiger partial charge >= 0.3 is 0 Å². The highest BCUT2D eigenvalue weighted by atomic mass is 15.0. The minimum Gasteiger partial charge on any atom is -0.273 e. The van der Waals surface area contributed by atoms with Gasteiger partial charge in [-0.1, -0.05) is 74.4 Å². The third-order valence-electron chi connectivity index (χ3n) is 3.84. The van der Waals surface area contributed by atoms with E-state index in [9.17, 15) is 0 Å². The van der Waals surface area contributed by atoms with Gasteiger partial charge < -0.3 is 0 Å². The highest BCUT2D eigenvalue weighted by molar-refractivity contribution is 6.10. The number of rotatable bonds is 7. The van der Waals surface area contributed by atoms with E-state index in [0.717, 1.165) is 37.1 Å². The van der Waals surface area contributed by atoms with Gasteiger partial charge in [0.05, 0.1) is 0 Å². The summed E-state index contributed by atoms with van der Waals surface area (Å²) in [4.78, 5) is 13.3. The standard InChI is InChI=1S/C21H29N3/c1-6-8-12-18(13-9-7-2)20(22-4)24-21(23-5)19-14-10-11-17(3)15-16-19/h6,8,11-12,14-16,18H,1,5,7,9-10,13H2,2-4H3/b12-8-,22-20?,24-21?. The molecule has 1 rings (SSSR count). The lowest BCUT2D eigenvalue weighted by Crippen LogP contribution is -2.13. The second-order valence-electron chi connectivity index (χ2n) is 5.72. The first-order valence-corrected chi connectivity index (χ1v) is 8.52. The van der Waals surface area contributed by atoms with Crippen LogP contribution in [0.5, 0.6) is 0 Å². The predicted octanol–water partition coefficient (Wildman–Crippen LogP) is 5.50. The van der Waals surface area contributed by atoms with E-state index in [1.54, 1.807) is 13.1 Å². The molecule has 1 aliphatic carbocycles. The fourth-order valence-corrected chi connectivity index (χ4v) is 2.44. The van der Waals surface area contributed by atoms with Crippen molar-refractivity contribution in [2.75, 3.05) is 7.05 Å². The van der Waals surface area contributed by atoms with Gasteiger partial charge in [0.1, 0.15) is 5.84 Å². The molecule has 0 aliphatic heterocycles. The van der Waals surface area contributed by atoms with E-state index < -0.39 is 0 Å². The van der Waals surface area contributed by atoms with Crippen molar-refractivity contribution in [3.8, 4) is 0 Å². The summed E-state index contributed by atoms with van der Waals surface area (Å²) in [5.41, 5.74) is 2.23. The highest BCUT2D eigenvalue weighted by Crippen LogP contribution is 2.17.